The Morgan fingerprint density at radius 2 is 2.05 bits per heavy atom. The number of nitrogens with one attached hydrogen (secondary N) is 1. The number of carbonyl (C=O) groups is 1. The van der Waals surface area contributed by atoms with Crippen molar-refractivity contribution in [2.24, 2.45) is 7.05 Å². The first-order valence-corrected chi connectivity index (χ1v) is 6.58. The molecule has 2 aromatic rings. The van der Waals surface area contributed by atoms with Gasteiger partial charge in [0, 0.05) is 0 Å². The van der Waals surface area contributed by atoms with Gasteiger partial charge in [-0.3, -0.25) is 4.79 Å². The Labute approximate surface area is 125 Å². The average molecular weight is 310 g/mol. The van der Waals surface area contributed by atoms with Gasteiger partial charge in [-0.15, -0.1) is 0 Å². The molecule has 22 heavy (non-hydrogen) atoms. The van der Waals surface area contributed by atoms with Gasteiger partial charge in [0.1, 0.15) is 12.7 Å². The van der Waals surface area contributed by atoms with Crippen LogP contribution in [-0.2, 0) is 31.0 Å². The van der Waals surface area contributed by atoms with Crippen LogP contribution in [0.25, 0.3) is 0 Å². The maximum atomic E-state index is 12.8. The molecule has 0 fully saturated rings. The SMILES string of the molecule is C[n+]1ccnc(CNC(=O)Cc2ccccc2C(F)(F)F)c1. The van der Waals surface area contributed by atoms with Gasteiger partial charge in [-0.1, -0.05) is 18.2 Å². The molecule has 1 N–H and O–H groups in total. The number of carbonyl (C=O) groups excluding carboxylic acids is 1. The fourth-order valence-corrected chi connectivity index (χ4v) is 2.01. The molecular formula is C15H15F3N3O+. The molecule has 0 bridgehead atoms. The third kappa shape index (κ3) is 4.28. The monoisotopic (exact) mass is 310 g/mol. The minimum atomic E-state index is -4.47. The van der Waals surface area contributed by atoms with E-state index in [1.54, 1.807) is 23.2 Å². The Morgan fingerprint density at radius 3 is 2.73 bits per heavy atom. The topological polar surface area (TPSA) is 45.9 Å². The first kappa shape index (κ1) is 15.9. The van der Waals surface area contributed by atoms with E-state index >= 15 is 0 Å². The molecule has 0 radical (unpaired) electrons. The number of hydrogen-bond acceptors (Lipinski definition) is 2. The number of hydrogen-bond donors (Lipinski definition) is 1. The lowest BCUT2D eigenvalue weighted by atomic mass is 10.0. The van der Waals surface area contributed by atoms with Crippen molar-refractivity contribution < 1.29 is 22.5 Å². The van der Waals surface area contributed by atoms with Crippen LogP contribution in [0.15, 0.2) is 42.9 Å². The van der Waals surface area contributed by atoms with E-state index in [-0.39, 0.29) is 18.5 Å². The molecule has 0 atom stereocenters. The van der Waals surface area contributed by atoms with Crippen molar-refractivity contribution in [2.75, 3.05) is 0 Å². The molecule has 1 aromatic carbocycles. The van der Waals surface area contributed by atoms with E-state index in [4.69, 9.17) is 0 Å². The molecule has 0 spiro atoms. The second-order valence-corrected chi connectivity index (χ2v) is 4.82. The van der Waals surface area contributed by atoms with Crippen LogP contribution >= 0.6 is 0 Å². The fraction of sp³-hybridized carbons (Fsp3) is 0.267. The molecular weight excluding hydrogens is 295 g/mol. The Balaban J connectivity index is 2.01. The Kier molecular flexibility index (Phi) is 4.75. The zero-order valence-electron chi connectivity index (χ0n) is 11.9. The van der Waals surface area contributed by atoms with Gasteiger partial charge >= 0.3 is 6.18 Å². The number of nitrogens with zero attached hydrogens (tertiary/aromatic N) is 2. The zero-order valence-corrected chi connectivity index (χ0v) is 11.9. The molecule has 4 nitrogen and oxygen atoms in total. The van der Waals surface area contributed by atoms with Gasteiger partial charge in [0.15, 0.2) is 12.4 Å². The predicted molar refractivity (Wildman–Crippen MR) is 72.4 cm³/mol. The number of aromatic nitrogens is 2. The molecule has 2 rings (SSSR count). The van der Waals surface area contributed by atoms with Crippen LogP contribution in [-0.4, -0.2) is 10.9 Å². The Bertz CT molecular complexity index is 671. The number of alkyl halides is 3. The van der Waals surface area contributed by atoms with Crippen LogP contribution in [0, 0.1) is 0 Å². The van der Waals surface area contributed by atoms with Crippen LogP contribution in [0.2, 0.25) is 0 Å². The number of benzene rings is 1. The smallest absolute Gasteiger partial charge is 0.350 e. The van der Waals surface area contributed by atoms with E-state index in [1.807, 2.05) is 7.05 Å². The molecule has 0 saturated carbocycles. The largest absolute Gasteiger partial charge is 0.416 e. The zero-order chi connectivity index (χ0) is 16.2. The fourth-order valence-electron chi connectivity index (χ4n) is 2.01. The number of halogens is 3. The molecule has 1 aromatic heterocycles. The third-order valence-corrected chi connectivity index (χ3v) is 3.04. The predicted octanol–water partition coefficient (Wildman–Crippen LogP) is 1.78. The molecule has 0 aliphatic rings. The maximum Gasteiger partial charge on any atom is 0.416 e. The van der Waals surface area contributed by atoms with Gasteiger partial charge < -0.3 is 5.32 Å². The first-order chi connectivity index (χ1) is 10.4. The van der Waals surface area contributed by atoms with Crippen LogP contribution in [0.4, 0.5) is 13.2 Å². The van der Waals surface area contributed by atoms with E-state index in [2.05, 4.69) is 10.3 Å². The number of aryl methyl sites for hydroxylation is 1. The Morgan fingerprint density at radius 1 is 1.32 bits per heavy atom. The van der Waals surface area contributed by atoms with Crippen molar-refractivity contribution in [1.82, 2.24) is 10.3 Å². The van der Waals surface area contributed by atoms with E-state index in [9.17, 15) is 18.0 Å². The lowest BCUT2D eigenvalue weighted by Crippen LogP contribution is -2.31. The number of amides is 1. The second kappa shape index (κ2) is 6.55. The quantitative estimate of drug-likeness (QED) is 0.875. The standard InChI is InChI=1S/C15H14F3N3O/c1-21-7-6-19-12(10-21)9-20-14(22)8-11-4-2-3-5-13(11)15(16,17)18/h2-7,10H,8-9H2,1H3/p+1. The molecule has 116 valence electrons. The summed E-state index contributed by atoms with van der Waals surface area (Å²) in [5.74, 6) is -0.481. The van der Waals surface area contributed by atoms with Crippen LogP contribution in [0.1, 0.15) is 16.8 Å². The van der Waals surface area contributed by atoms with Crippen molar-refractivity contribution in [1.29, 1.82) is 0 Å². The highest BCUT2D eigenvalue weighted by Crippen LogP contribution is 2.31. The van der Waals surface area contributed by atoms with Gasteiger partial charge in [-0.2, -0.15) is 13.2 Å². The van der Waals surface area contributed by atoms with Gasteiger partial charge in [0.05, 0.1) is 24.7 Å². The third-order valence-electron chi connectivity index (χ3n) is 3.04. The molecule has 1 heterocycles. The highest BCUT2D eigenvalue weighted by Gasteiger charge is 2.33. The van der Waals surface area contributed by atoms with Gasteiger partial charge in [-0.05, 0) is 11.6 Å². The van der Waals surface area contributed by atoms with Crippen LogP contribution < -0.4 is 9.88 Å². The number of rotatable bonds is 4. The minimum Gasteiger partial charge on any atom is -0.350 e. The molecule has 1 amide bonds. The molecule has 0 aliphatic carbocycles. The summed E-state index contributed by atoms with van der Waals surface area (Å²) in [5, 5.41) is 2.57. The molecule has 0 unspecified atom stereocenters. The van der Waals surface area contributed by atoms with Crippen molar-refractivity contribution in [2.45, 2.75) is 19.1 Å². The van der Waals surface area contributed by atoms with Crippen LogP contribution in [0.3, 0.4) is 0 Å². The van der Waals surface area contributed by atoms with Gasteiger partial charge in [0.25, 0.3) is 0 Å². The van der Waals surface area contributed by atoms with Crippen molar-refractivity contribution in [3.05, 3.63) is 59.7 Å². The summed E-state index contributed by atoms with van der Waals surface area (Å²) in [6, 6.07) is 5.07. The summed E-state index contributed by atoms with van der Waals surface area (Å²) >= 11 is 0. The van der Waals surface area contributed by atoms with Gasteiger partial charge in [-0.25, -0.2) is 9.55 Å². The summed E-state index contributed by atoms with van der Waals surface area (Å²) in [5.41, 5.74) is -0.198. The average Bonchev–Trinajstić information content (AvgIpc) is 2.45. The summed E-state index contributed by atoms with van der Waals surface area (Å²) < 4.78 is 40.3. The summed E-state index contributed by atoms with van der Waals surface area (Å²) in [6.07, 6.45) is 0.259. The normalized spacial score (nSPS) is 11.3. The van der Waals surface area contributed by atoms with E-state index < -0.39 is 17.6 Å². The van der Waals surface area contributed by atoms with Gasteiger partial charge in [0.2, 0.25) is 5.91 Å². The highest BCUT2D eigenvalue weighted by atomic mass is 19.4. The molecule has 0 aliphatic heterocycles. The summed E-state index contributed by atoms with van der Waals surface area (Å²) in [7, 11) is 1.81. The van der Waals surface area contributed by atoms with E-state index in [1.165, 1.54) is 18.2 Å². The van der Waals surface area contributed by atoms with E-state index in [0.29, 0.717) is 5.69 Å². The second-order valence-electron chi connectivity index (χ2n) is 4.82. The lowest BCUT2D eigenvalue weighted by Gasteiger charge is -2.12. The minimum absolute atomic E-state index is 0.0425. The lowest BCUT2D eigenvalue weighted by molar-refractivity contribution is -0.672. The first-order valence-electron chi connectivity index (χ1n) is 6.58. The highest BCUT2D eigenvalue weighted by molar-refractivity contribution is 5.78. The Hall–Kier alpha value is -2.44. The van der Waals surface area contributed by atoms with Crippen molar-refractivity contribution in [3.8, 4) is 0 Å². The van der Waals surface area contributed by atoms with E-state index in [0.717, 1.165) is 6.07 Å². The summed E-state index contributed by atoms with van der Waals surface area (Å²) in [6.45, 7) is 0.168. The molecule has 7 heteroatoms. The molecule has 0 saturated heterocycles. The summed E-state index contributed by atoms with van der Waals surface area (Å²) in [4.78, 5) is 15.9. The van der Waals surface area contributed by atoms with Crippen molar-refractivity contribution in [3.63, 3.8) is 0 Å². The maximum absolute atomic E-state index is 12.8. The van der Waals surface area contributed by atoms with Crippen molar-refractivity contribution >= 4 is 5.91 Å². The van der Waals surface area contributed by atoms with Crippen LogP contribution in [0.5, 0.6) is 0 Å².